The Morgan fingerprint density at radius 3 is 2.47 bits per heavy atom. The standard InChI is InChI=1S/C35H29ClF4N4O3/c36-28-16-26(29(37)17-30(28)38)27-15-23(21-3-5-22(6-4-21)34(46)44-11-9-35(39,40)10-12-44)13-24-14-25(47-33(24)27)19-43-32(45)8-2-20-1-7-31(41)42-18-20/h1-8,13-18,34,46H,9-12,19H2,(H2,41,42)(H,43,45)/b8-2+. The fraction of sp³-hybridized carbons (Fsp3) is 0.200. The van der Waals surface area contributed by atoms with Crippen molar-refractivity contribution in [3.63, 3.8) is 0 Å². The summed E-state index contributed by atoms with van der Waals surface area (Å²) in [6, 6.07) is 17.4. The van der Waals surface area contributed by atoms with Crippen LogP contribution in [0.2, 0.25) is 5.02 Å². The topological polar surface area (TPSA) is 105 Å². The Labute approximate surface area is 272 Å². The molecule has 242 valence electrons. The van der Waals surface area contributed by atoms with Crippen molar-refractivity contribution in [3.05, 3.63) is 113 Å². The first-order valence-corrected chi connectivity index (χ1v) is 15.1. The number of nitrogens with zero attached hydrogens (tertiary/aromatic N) is 2. The van der Waals surface area contributed by atoms with Gasteiger partial charge >= 0.3 is 0 Å². The van der Waals surface area contributed by atoms with Crippen molar-refractivity contribution in [1.82, 2.24) is 15.2 Å². The Bertz CT molecular complexity index is 1950. The number of rotatable bonds is 8. The summed E-state index contributed by atoms with van der Waals surface area (Å²) in [7, 11) is 0. The first kappa shape index (κ1) is 32.2. The first-order valence-electron chi connectivity index (χ1n) is 14.7. The molecule has 5 aromatic rings. The van der Waals surface area contributed by atoms with Crippen molar-refractivity contribution in [3.8, 4) is 22.3 Å². The number of aliphatic hydroxyl groups is 1. The third kappa shape index (κ3) is 7.32. The van der Waals surface area contributed by atoms with Gasteiger partial charge in [0.25, 0.3) is 5.92 Å². The number of aromatic nitrogens is 1. The molecule has 1 aliphatic rings. The van der Waals surface area contributed by atoms with E-state index < -0.39 is 23.8 Å². The van der Waals surface area contributed by atoms with Gasteiger partial charge in [-0.3, -0.25) is 9.69 Å². The van der Waals surface area contributed by atoms with E-state index in [4.69, 9.17) is 21.8 Å². The van der Waals surface area contributed by atoms with Crippen LogP contribution in [0.4, 0.5) is 23.4 Å². The van der Waals surface area contributed by atoms with E-state index in [0.717, 1.165) is 0 Å². The minimum atomic E-state index is -2.73. The van der Waals surface area contributed by atoms with Gasteiger partial charge in [0.05, 0.1) is 11.6 Å². The molecule has 1 fully saturated rings. The zero-order valence-electron chi connectivity index (χ0n) is 24.8. The molecule has 47 heavy (non-hydrogen) atoms. The highest BCUT2D eigenvalue weighted by molar-refractivity contribution is 6.31. The third-order valence-electron chi connectivity index (χ3n) is 8.06. The van der Waals surface area contributed by atoms with Crippen molar-refractivity contribution in [2.45, 2.75) is 31.5 Å². The summed E-state index contributed by atoms with van der Waals surface area (Å²) < 4.78 is 62.5. The molecule has 0 aliphatic carbocycles. The monoisotopic (exact) mass is 664 g/mol. The van der Waals surface area contributed by atoms with Crippen LogP contribution < -0.4 is 11.1 Å². The molecule has 1 saturated heterocycles. The number of carbonyl (C=O) groups excluding carboxylic acids is 1. The number of nitrogens with two attached hydrogens (primary N) is 1. The molecule has 0 bridgehead atoms. The second kappa shape index (κ2) is 13.2. The maximum atomic E-state index is 15.2. The third-order valence-corrected chi connectivity index (χ3v) is 8.35. The number of alkyl halides is 2. The van der Waals surface area contributed by atoms with Crippen LogP contribution in [0.5, 0.6) is 0 Å². The van der Waals surface area contributed by atoms with Crippen LogP contribution in [0.15, 0.2) is 83.4 Å². The summed E-state index contributed by atoms with van der Waals surface area (Å²) in [5, 5.41) is 13.9. The van der Waals surface area contributed by atoms with Crippen molar-refractivity contribution in [2.75, 3.05) is 18.8 Å². The smallest absolute Gasteiger partial charge is 0.250 e. The summed E-state index contributed by atoms with van der Waals surface area (Å²) >= 11 is 6.04. The molecule has 0 radical (unpaired) electrons. The first-order chi connectivity index (χ1) is 22.5. The Morgan fingerprint density at radius 1 is 1.02 bits per heavy atom. The molecular formula is C35H29ClF4N4O3. The van der Waals surface area contributed by atoms with E-state index in [9.17, 15) is 23.1 Å². The molecular weight excluding hydrogens is 636 g/mol. The number of benzene rings is 3. The Hall–Kier alpha value is -4.71. The van der Waals surface area contributed by atoms with E-state index in [1.165, 1.54) is 18.3 Å². The van der Waals surface area contributed by atoms with E-state index >= 15 is 4.39 Å². The second-order valence-electron chi connectivity index (χ2n) is 11.4. The number of fused-ring (bicyclic) bond motifs is 1. The highest BCUT2D eigenvalue weighted by atomic mass is 35.5. The predicted octanol–water partition coefficient (Wildman–Crippen LogP) is 7.73. The molecule has 12 heteroatoms. The minimum Gasteiger partial charge on any atom is -0.459 e. The van der Waals surface area contributed by atoms with Crippen LogP contribution in [0, 0.1) is 11.6 Å². The van der Waals surface area contributed by atoms with Crippen LogP contribution >= 0.6 is 11.6 Å². The number of furan rings is 1. The van der Waals surface area contributed by atoms with Crippen molar-refractivity contribution < 1.29 is 31.9 Å². The highest BCUT2D eigenvalue weighted by Crippen LogP contribution is 2.39. The largest absolute Gasteiger partial charge is 0.459 e. The van der Waals surface area contributed by atoms with Crippen LogP contribution in [-0.2, 0) is 11.3 Å². The molecule has 0 spiro atoms. The van der Waals surface area contributed by atoms with Gasteiger partial charge in [0, 0.05) is 60.8 Å². The van der Waals surface area contributed by atoms with Gasteiger partial charge in [0.2, 0.25) is 5.91 Å². The predicted molar refractivity (Wildman–Crippen MR) is 172 cm³/mol. The summed E-state index contributed by atoms with van der Waals surface area (Å²) in [5.74, 6) is -4.12. The van der Waals surface area contributed by atoms with Crippen molar-refractivity contribution in [2.24, 2.45) is 0 Å². The Morgan fingerprint density at radius 2 is 1.77 bits per heavy atom. The van der Waals surface area contributed by atoms with Crippen LogP contribution in [0.25, 0.3) is 39.3 Å². The number of pyridine rings is 1. The Kier molecular flexibility index (Phi) is 9.05. The molecule has 1 atom stereocenters. The lowest BCUT2D eigenvalue weighted by Gasteiger charge is -2.35. The maximum absolute atomic E-state index is 15.2. The van der Waals surface area contributed by atoms with E-state index in [-0.39, 0.29) is 49.0 Å². The molecule has 6 rings (SSSR count). The zero-order valence-corrected chi connectivity index (χ0v) is 25.6. The van der Waals surface area contributed by atoms with Crippen LogP contribution in [0.3, 0.4) is 0 Å². The molecule has 3 aromatic carbocycles. The van der Waals surface area contributed by atoms with Gasteiger partial charge in [-0.2, -0.15) is 0 Å². The fourth-order valence-corrected chi connectivity index (χ4v) is 5.63. The van der Waals surface area contributed by atoms with Gasteiger partial charge in [-0.15, -0.1) is 0 Å². The van der Waals surface area contributed by atoms with Crippen molar-refractivity contribution in [1.29, 1.82) is 0 Å². The van der Waals surface area contributed by atoms with E-state index in [1.54, 1.807) is 59.5 Å². The van der Waals surface area contributed by atoms with Gasteiger partial charge in [-0.25, -0.2) is 22.5 Å². The van der Waals surface area contributed by atoms with Gasteiger partial charge in [-0.1, -0.05) is 35.9 Å². The van der Waals surface area contributed by atoms with Gasteiger partial charge < -0.3 is 20.6 Å². The molecule has 1 unspecified atom stereocenters. The molecule has 1 aliphatic heterocycles. The summed E-state index contributed by atoms with van der Waals surface area (Å²) in [6.07, 6.45) is 2.79. The maximum Gasteiger partial charge on any atom is 0.250 e. The second-order valence-corrected chi connectivity index (χ2v) is 11.8. The number of carbonyl (C=O) groups is 1. The molecule has 3 heterocycles. The summed E-state index contributed by atoms with van der Waals surface area (Å²) in [5.41, 5.74) is 8.81. The quantitative estimate of drug-likeness (QED) is 0.0891. The number of hydrogen-bond acceptors (Lipinski definition) is 6. The number of nitrogen functional groups attached to an aromatic ring is 1. The number of aliphatic hydroxyl groups excluding tert-OH is 1. The van der Waals surface area contributed by atoms with E-state index in [0.29, 0.717) is 56.4 Å². The number of amides is 1. The van der Waals surface area contributed by atoms with E-state index in [2.05, 4.69) is 10.3 Å². The minimum absolute atomic E-state index is 0.0159. The zero-order chi connectivity index (χ0) is 33.3. The molecule has 4 N–H and O–H groups in total. The van der Waals surface area contributed by atoms with Gasteiger partial charge in [-0.05, 0) is 64.7 Å². The lowest BCUT2D eigenvalue weighted by molar-refractivity contribution is -0.116. The van der Waals surface area contributed by atoms with Crippen molar-refractivity contribution >= 4 is 40.4 Å². The normalized spacial score (nSPS) is 15.7. The van der Waals surface area contributed by atoms with Gasteiger partial charge in [0.1, 0.15) is 35.0 Å². The number of halogens is 5. The van der Waals surface area contributed by atoms with Crippen LogP contribution in [-0.4, -0.2) is 39.9 Å². The average molecular weight is 665 g/mol. The number of hydrogen-bond donors (Lipinski definition) is 3. The summed E-state index contributed by atoms with van der Waals surface area (Å²) in [4.78, 5) is 18.1. The highest BCUT2D eigenvalue weighted by Gasteiger charge is 2.36. The lowest BCUT2D eigenvalue weighted by atomic mass is 9.95. The lowest BCUT2D eigenvalue weighted by Crippen LogP contribution is -2.41. The van der Waals surface area contributed by atoms with Crippen LogP contribution in [0.1, 0.15) is 36.0 Å². The number of nitrogens with one attached hydrogen (secondary N) is 1. The number of anilines is 1. The summed E-state index contributed by atoms with van der Waals surface area (Å²) in [6.45, 7) is 0.164. The fourth-order valence-electron chi connectivity index (χ4n) is 5.46. The van der Waals surface area contributed by atoms with E-state index in [1.807, 2.05) is 6.07 Å². The average Bonchev–Trinajstić information content (AvgIpc) is 3.48. The molecule has 7 nitrogen and oxygen atoms in total. The Balaban J connectivity index is 1.28. The van der Waals surface area contributed by atoms with Gasteiger partial charge in [0.15, 0.2) is 0 Å². The SMILES string of the molecule is Nc1ccc(/C=C/C(=O)NCc2cc3cc(-c4ccc(C(O)N5CCC(F)(F)CC5)cc4)cc(-c4cc(Cl)c(F)cc4F)c3o2)cn1. The molecule has 0 saturated carbocycles. The molecule has 1 amide bonds. The number of likely N-dealkylation sites (tertiary alicyclic amines) is 1. The molecule has 2 aromatic heterocycles. The number of piperidine rings is 1.